The highest BCUT2D eigenvalue weighted by Gasteiger charge is 2.25. The number of aromatic amines is 1. The van der Waals surface area contributed by atoms with Gasteiger partial charge in [-0.25, -0.2) is 18.1 Å². The van der Waals surface area contributed by atoms with E-state index in [1.165, 1.54) is 18.2 Å². The van der Waals surface area contributed by atoms with E-state index >= 15 is 0 Å². The minimum absolute atomic E-state index is 0.122. The first-order chi connectivity index (χ1) is 15.8. The van der Waals surface area contributed by atoms with E-state index in [0.29, 0.717) is 25.1 Å². The zero-order valence-corrected chi connectivity index (χ0v) is 19.0. The molecule has 1 atom stereocenters. The Labute approximate surface area is 192 Å². The number of imidazole rings is 1. The van der Waals surface area contributed by atoms with Gasteiger partial charge in [0.2, 0.25) is 10.0 Å². The zero-order valence-electron chi connectivity index (χ0n) is 18.2. The lowest BCUT2D eigenvalue weighted by Crippen LogP contribution is -2.29. The predicted molar refractivity (Wildman–Crippen MR) is 124 cm³/mol. The summed E-state index contributed by atoms with van der Waals surface area (Å²) in [5, 5.41) is 11.1. The van der Waals surface area contributed by atoms with Crippen LogP contribution in [0.25, 0.3) is 11.3 Å². The van der Waals surface area contributed by atoms with Crippen LogP contribution in [0.2, 0.25) is 0 Å². The highest BCUT2D eigenvalue weighted by molar-refractivity contribution is 7.89. The fraction of sp³-hybridized carbons (Fsp3) is 0.304. The van der Waals surface area contributed by atoms with Gasteiger partial charge >= 0.3 is 0 Å². The number of H-pyrrole nitrogens is 1. The molecule has 0 unspecified atom stereocenters. The van der Waals surface area contributed by atoms with E-state index in [2.05, 4.69) is 14.7 Å². The molecule has 2 aromatic carbocycles. The molecular weight excluding hydrogens is 444 g/mol. The number of nitrogens with zero attached hydrogens (tertiary/aromatic N) is 2. The average Bonchev–Trinajstić information content (AvgIpc) is 3.29. The van der Waals surface area contributed by atoms with E-state index in [1.54, 1.807) is 13.1 Å². The second kappa shape index (κ2) is 11.0. The summed E-state index contributed by atoms with van der Waals surface area (Å²) < 4.78 is 28.7. The molecule has 0 spiro atoms. The van der Waals surface area contributed by atoms with Gasteiger partial charge in [0.1, 0.15) is 11.6 Å². The number of aromatic nitrogens is 2. The molecule has 3 aromatic rings. The molecule has 33 heavy (non-hydrogen) atoms. The Morgan fingerprint density at radius 2 is 1.88 bits per heavy atom. The van der Waals surface area contributed by atoms with Crippen molar-refractivity contribution >= 4 is 21.5 Å². The Balaban J connectivity index is 1.82. The second-order valence-corrected chi connectivity index (χ2v) is 9.49. The fourth-order valence-electron chi connectivity index (χ4n) is 3.45. The molecule has 0 aliphatic heterocycles. The molecule has 10 heteroatoms. The van der Waals surface area contributed by atoms with Gasteiger partial charge in [0.15, 0.2) is 0 Å². The summed E-state index contributed by atoms with van der Waals surface area (Å²) in [4.78, 5) is 29.0. The third-order valence-electron chi connectivity index (χ3n) is 5.17. The zero-order chi connectivity index (χ0) is 23.8. The third-order valence-corrected chi connectivity index (χ3v) is 6.64. The number of hydrogen-bond acceptors (Lipinski definition) is 6. The molecule has 0 fully saturated rings. The SMILES string of the molecule is CC(=O)CCCCC[C@H](NS(=O)(=O)c1cccc([N+](=O)[O-])c1)c1ncc(-c2ccccc2)[nH]1. The van der Waals surface area contributed by atoms with Gasteiger partial charge < -0.3 is 9.78 Å². The normalized spacial score (nSPS) is 12.4. The largest absolute Gasteiger partial charge is 0.341 e. The van der Waals surface area contributed by atoms with Crippen molar-refractivity contribution in [2.75, 3.05) is 0 Å². The molecular formula is C23H26N4O5S. The lowest BCUT2D eigenvalue weighted by Gasteiger charge is -2.17. The van der Waals surface area contributed by atoms with Crippen molar-refractivity contribution in [3.05, 3.63) is 76.7 Å². The summed E-state index contributed by atoms with van der Waals surface area (Å²) in [5.41, 5.74) is 1.36. The van der Waals surface area contributed by atoms with Gasteiger partial charge in [-0.2, -0.15) is 0 Å². The molecule has 0 aliphatic rings. The van der Waals surface area contributed by atoms with Crippen molar-refractivity contribution in [3.63, 3.8) is 0 Å². The number of Topliss-reactive ketones (excluding diaryl/α,β-unsaturated/α-hetero) is 1. The molecule has 0 aliphatic carbocycles. The number of unbranched alkanes of at least 4 members (excludes halogenated alkanes) is 2. The van der Waals surface area contributed by atoms with Crippen LogP contribution in [-0.4, -0.2) is 29.1 Å². The summed E-state index contributed by atoms with van der Waals surface area (Å²) in [6.07, 6.45) is 4.76. The molecule has 9 nitrogen and oxygen atoms in total. The van der Waals surface area contributed by atoms with Crippen LogP contribution in [0.1, 0.15) is 50.9 Å². The summed E-state index contributed by atoms with van der Waals surface area (Å²) in [6.45, 7) is 1.55. The Kier molecular flexibility index (Phi) is 8.07. The number of benzene rings is 2. The lowest BCUT2D eigenvalue weighted by molar-refractivity contribution is -0.385. The first-order valence-electron chi connectivity index (χ1n) is 10.6. The van der Waals surface area contributed by atoms with E-state index < -0.39 is 21.0 Å². The molecule has 0 saturated heterocycles. The van der Waals surface area contributed by atoms with Crippen LogP contribution >= 0.6 is 0 Å². The second-order valence-electron chi connectivity index (χ2n) is 7.78. The van der Waals surface area contributed by atoms with Crippen LogP contribution in [0, 0.1) is 10.1 Å². The minimum Gasteiger partial charge on any atom is -0.341 e. The van der Waals surface area contributed by atoms with E-state index in [4.69, 9.17) is 0 Å². The lowest BCUT2D eigenvalue weighted by atomic mass is 10.1. The highest BCUT2D eigenvalue weighted by atomic mass is 32.2. The van der Waals surface area contributed by atoms with Crippen molar-refractivity contribution in [2.24, 2.45) is 0 Å². The fourth-order valence-corrected chi connectivity index (χ4v) is 4.72. The average molecular weight is 471 g/mol. The third kappa shape index (κ3) is 6.80. The monoisotopic (exact) mass is 470 g/mol. The number of nitro groups is 1. The van der Waals surface area contributed by atoms with E-state index in [0.717, 1.165) is 30.2 Å². The summed E-state index contributed by atoms with van der Waals surface area (Å²) in [6, 6.07) is 13.8. The summed E-state index contributed by atoms with van der Waals surface area (Å²) in [5.74, 6) is 0.575. The van der Waals surface area contributed by atoms with Crippen LogP contribution in [0.5, 0.6) is 0 Å². The van der Waals surface area contributed by atoms with Crippen molar-refractivity contribution in [1.29, 1.82) is 0 Å². The summed E-state index contributed by atoms with van der Waals surface area (Å²) in [7, 11) is -4.04. The minimum atomic E-state index is -4.04. The number of carbonyl (C=O) groups is 1. The van der Waals surface area contributed by atoms with Crippen LogP contribution in [0.15, 0.2) is 65.7 Å². The van der Waals surface area contributed by atoms with Crippen LogP contribution < -0.4 is 4.72 Å². The van der Waals surface area contributed by atoms with Crippen molar-refractivity contribution in [1.82, 2.24) is 14.7 Å². The van der Waals surface area contributed by atoms with Gasteiger partial charge in [0.05, 0.1) is 27.8 Å². The first kappa shape index (κ1) is 24.3. The number of ketones is 1. The summed E-state index contributed by atoms with van der Waals surface area (Å²) >= 11 is 0. The van der Waals surface area contributed by atoms with E-state index in [9.17, 15) is 23.3 Å². The maximum atomic E-state index is 13.0. The number of carbonyl (C=O) groups excluding carboxylic acids is 1. The maximum absolute atomic E-state index is 13.0. The number of hydrogen-bond donors (Lipinski definition) is 2. The number of nitro benzene ring substituents is 1. The van der Waals surface area contributed by atoms with Crippen molar-refractivity contribution in [2.45, 2.75) is 50.0 Å². The number of sulfonamides is 1. The molecule has 0 amide bonds. The Morgan fingerprint density at radius 1 is 1.12 bits per heavy atom. The van der Waals surface area contributed by atoms with Crippen LogP contribution in [0.3, 0.4) is 0 Å². The van der Waals surface area contributed by atoms with Crippen LogP contribution in [0.4, 0.5) is 5.69 Å². The number of nitrogens with one attached hydrogen (secondary N) is 2. The molecule has 174 valence electrons. The smallest absolute Gasteiger partial charge is 0.270 e. The molecule has 1 aromatic heterocycles. The maximum Gasteiger partial charge on any atom is 0.270 e. The molecule has 0 radical (unpaired) electrons. The molecule has 3 rings (SSSR count). The van der Waals surface area contributed by atoms with Gasteiger partial charge in [-0.1, -0.05) is 49.2 Å². The van der Waals surface area contributed by atoms with Crippen molar-refractivity contribution in [3.8, 4) is 11.3 Å². The van der Waals surface area contributed by atoms with Gasteiger partial charge in [0.25, 0.3) is 5.69 Å². The standard InChI is InChI=1S/C23H26N4O5S/c1-17(28)9-4-2-7-14-21(23-24-16-22(25-23)18-10-5-3-6-11-18)26-33(31,32)20-13-8-12-19(15-20)27(29)30/h3,5-6,8,10-13,15-16,21,26H,2,4,7,9,14H2,1H3,(H,24,25)/t21-/m0/s1. The number of non-ortho nitro benzene ring substituents is 1. The van der Waals surface area contributed by atoms with Gasteiger partial charge in [-0.15, -0.1) is 0 Å². The molecule has 1 heterocycles. The topological polar surface area (TPSA) is 135 Å². The van der Waals surface area contributed by atoms with Crippen LogP contribution in [-0.2, 0) is 14.8 Å². The van der Waals surface area contributed by atoms with Gasteiger partial charge in [-0.05, 0) is 31.4 Å². The Morgan fingerprint density at radius 3 is 2.58 bits per heavy atom. The van der Waals surface area contributed by atoms with E-state index in [-0.39, 0.29) is 16.4 Å². The Bertz CT molecular complexity index is 1210. The van der Waals surface area contributed by atoms with E-state index in [1.807, 2.05) is 30.3 Å². The number of rotatable bonds is 12. The van der Waals surface area contributed by atoms with Crippen molar-refractivity contribution < 1.29 is 18.1 Å². The Hall–Kier alpha value is -3.37. The highest BCUT2D eigenvalue weighted by Crippen LogP contribution is 2.25. The molecule has 0 saturated carbocycles. The quantitative estimate of drug-likeness (QED) is 0.227. The molecule has 2 N–H and O–H groups in total. The first-order valence-corrected chi connectivity index (χ1v) is 12.1. The van der Waals surface area contributed by atoms with Gasteiger partial charge in [0, 0.05) is 18.6 Å². The molecule has 0 bridgehead atoms. The predicted octanol–water partition coefficient (Wildman–Crippen LogP) is 4.54. The van der Waals surface area contributed by atoms with Gasteiger partial charge in [-0.3, -0.25) is 10.1 Å².